The minimum Gasteiger partial charge on any atom is -0.480 e. The number of aliphatic hydroxyl groups excluding tert-OH is 1. The van der Waals surface area contributed by atoms with Crippen molar-refractivity contribution in [1.82, 2.24) is 10.2 Å². The first-order valence-corrected chi connectivity index (χ1v) is 4.73. The van der Waals surface area contributed by atoms with Crippen LogP contribution >= 0.6 is 0 Å². The maximum absolute atomic E-state index is 11.4. The molecule has 0 saturated carbocycles. The largest absolute Gasteiger partial charge is 0.480 e. The van der Waals surface area contributed by atoms with Crippen LogP contribution in [-0.4, -0.2) is 53.4 Å². The maximum Gasteiger partial charge on any atom is 0.328 e. The van der Waals surface area contributed by atoms with E-state index >= 15 is 0 Å². The number of nitrogens with one attached hydrogen (secondary N) is 1. The molecule has 0 aromatic carbocycles. The maximum atomic E-state index is 11.4. The van der Waals surface area contributed by atoms with Gasteiger partial charge in [-0.05, 0) is 5.92 Å². The number of carboxylic acids is 1. The molecular formula is C9H18N2O4. The Bertz CT molecular complexity index is 230. The van der Waals surface area contributed by atoms with E-state index in [1.165, 1.54) is 4.90 Å². The van der Waals surface area contributed by atoms with Crippen molar-refractivity contribution in [3.63, 3.8) is 0 Å². The molecule has 0 spiro atoms. The SMILES string of the molecule is CC(C)CN(C)C(=O)N[C@@H](CO)C(=O)O. The van der Waals surface area contributed by atoms with Gasteiger partial charge in [0.2, 0.25) is 0 Å². The van der Waals surface area contributed by atoms with Crippen molar-refractivity contribution in [2.75, 3.05) is 20.2 Å². The standard InChI is InChI=1S/C9H18N2O4/c1-6(2)4-11(3)9(15)10-7(5-12)8(13)14/h6-7,12H,4-5H2,1-3H3,(H,10,15)(H,13,14)/t7-/m0/s1. The number of hydrogen-bond acceptors (Lipinski definition) is 3. The molecule has 0 rings (SSSR count). The van der Waals surface area contributed by atoms with Crippen molar-refractivity contribution in [2.24, 2.45) is 5.92 Å². The molecule has 1 atom stereocenters. The van der Waals surface area contributed by atoms with Crippen molar-refractivity contribution in [2.45, 2.75) is 19.9 Å². The van der Waals surface area contributed by atoms with Gasteiger partial charge in [0.1, 0.15) is 0 Å². The Morgan fingerprint density at radius 2 is 1.93 bits per heavy atom. The second kappa shape index (κ2) is 6.23. The summed E-state index contributed by atoms with van der Waals surface area (Å²) in [5.41, 5.74) is 0. The first-order valence-electron chi connectivity index (χ1n) is 4.73. The van der Waals surface area contributed by atoms with Gasteiger partial charge in [0.05, 0.1) is 6.61 Å². The van der Waals surface area contributed by atoms with Crippen molar-refractivity contribution in [1.29, 1.82) is 0 Å². The van der Waals surface area contributed by atoms with Crippen LogP contribution in [0.1, 0.15) is 13.8 Å². The first-order chi connectivity index (χ1) is 6.88. The summed E-state index contributed by atoms with van der Waals surface area (Å²) < 4.78 is 0. The number of amides is 2. The van der Waals surface area contributed by atoms with E-state index < -0.39 is 24.6 Å². The van der Waals surface area contributed by atoms with Crippen molar-refractivity contribution in [3.8, 4) is 0 Å². The monoisotopic (exact) mass is 218 g/mol. The molecule has 0 unspecified atom stereocenters. The summed E-state index contributed by atoms with van der Waals surface area (Å²) in [7, 11) is 1.58. The van der Waals surface area contributed by atoms with Gasteiger partial charge < -0.3 is 20.4 Å². The van der Waals surface area contributed by atoms with Gasteiger partial charge in [-0.15, -0.1) is 0 Å². The number of carbonyl (C=O) groups excluding carboxylic acids is 1. The van der Waals surface area contributed by atoms with Crippen molar-refractivity contribution in [3.05, 3.63) is 0 Å². The minimum absolute atomic E-state index is 0.304. The fourth-order valence-electron chi connectivity index (χ4n) is 1.08. The smallest absolute Gasteiger partial charge is 0.328 e. The summed E-state index contributed by atoms with van der Waals surface area (Å²) in [6.45, 7) is 3.81. The van der Waals surface area contributed by atoms with Gasteiger partial charge in [0, 0.05) is 13.6 Å². The lowest BCUT2D eigenvalue weighted by atomic mass is 10.2. The van der Waals surface area contributed by atoms with Crippen LogP contribution in [0.2, 0.25) is 0 Å². The molecule has 0 heterocycles. The zero-order chi connectivity index (χ0) is 12.0. The van der Waals surface area contributed by atoms with E-state index in [9.17, 15) is 9.59 Å². The second-order valence-electron chi connectivity index (χ2n) is 3.80. The number of carboxylic acid groups (broad SMARTS) is 1. The third-order valence-electron chi connectivity index (χ3n) is 1.76. The number of nitrogens with zero attached hydrogens (tertiary/aromatic N) is 1. The van der Waals surface area contributed by atoms with E-state index in [1.54, 1.807) is 7.05 Å². The van der Waals surface area contributed by atoms with E-state index in [0.717, 1.165) is 0 Å². The van der Waals surface area contributed by atoms with Crippen LogP contribution in [0.3, 0.4) is 0 Å². The quantitative estimate of drug-likeness (QED) is 0.592. The van der Waals surface area contributed by atoms with Gasteiger partial charge >= 0.3 is 12.0 Å². The molecule has 0 saturated heterocycles. The predicted octanol–water partition coefficient (Wildman–Crippen LogP) is -0.271. The molecule has 0 aliphatic rings. The third kappa shape index (κ3) is 5.21. The molecule has 15 heavy (non-hydrogen) atoms. The Labute approximate surface area is 88.9 Å². The molecule has 0 bridgehead atoms. The molecule has 6 heteroatoms. The number of aliphatic carboxylic acids is 1. The molecule has 0 aliphatic heterocycles. The molecule has 0 aromatic heterocycles. The Hall–Kier alpha value is -1.30. The lowest BCUT2D eigenvalue weighted by Crippen LogP contribution is -2.49. The fourth-order valence-corrected chi connectivity index (χ4v) is 1.08. The first kappa shape index (κ1) is 13.7. The number of hydrogen-bond donors (Lipinski definition) is 3. The van der Waals surface area contributed by atoms with Crippen LogP contribution in [-0.2, 0) is 4.79 Å². The van der Waals surface area contributed by atoms with Crippen molar-refractivity contribution >= 4 is 12.0 Å². The second-order valence-corrected chi connectivity index (χ2v) is 3.80. The van der Waals surface area contributed by atoms with E-state index in [4.69, 9.17) is 10.2 Å². The highest BCUT2D eigenvalue weighted by atomic mass is 16.4. The van der Waals surface area contributed by atoms with Gasteiger partial charge in [-0.1, -0.05) is 13.8 Å². The number of carbonyl (C=O) groups is 2. The molecular weight excluding hydrogens is 200 g/mol. The molecule has 0 fully saturated rings. The highest BCUT2D eigenvalue weighted by Gasteiger charge is 2.20. The van der Waals surface area contributed by atoms with E-state index in [0.29, 0.717) is 12.5 Å². The Morgan fingerprint density at radius 1 is 1.40 bits per heavy atom. The summed E-state index contributed by atoms with van der Waals surface area (Å²) in [6.07, 6.45) is 0. The topological polar surface area (TPSA) is 89.9 Å². The van der Waals surface area contributed by atoms with Crippen molar-refractivity contribution < 1.29 is 19.8 Å². The molecule has 88 valence electrons. The summed E-state index contributed by atoms with van der Waals surface area (Å²) in [6, 6.07) is -1.74. The van der Waals surface area contributed by atoms with Gasteiger partial charge in [0.25, 0.3) is 0 Å². The summed E-state index contributed by atoms with van der Waals surface area (Å²) in [4.78, 5) is 23.3. The Kier molecular flexibility index (Phi) is 5.69. The predicted molar refractivity (Wildman–Crippen MR) is 54.5 cm³/mol. The molecule has 0 aromatic rings. The third-order valence-corrected chi connectivity index (χ3v) is 1.76. The van der Waals surface area contributed by atoms with Crippen LogP contribution in [0.15, 0.2) is 0 Å². The highest BCUT2D eigenvalue weighted by molar-refractivity contribution is 5.82. The number of urea groups is 1. The summed E-state index contributed by atoms with van der Waals surface area (Å²) >= 11 is 0. The van der Waals surface area contributed by atoms with E-state index in [-0.39, 0.29) is 0 Å². The minimum atomic E-state index is -1.25. The molecule has 2 amide bonds. The highest BCUT2D eigenvalue weighted by Crippen LogP contribution is 1.96. The van der Waals surface area contributed by atoms with E-state index in [2.05, 4.69) is 5.32 Å². The van der Waals surface area contributed by atoms with Crippen LogP contribution in [0.25, 0.3) is 0 Å². The normalized spacial score (nSPS) is 12.3. The Balaban J connectivity index is 4.16. The van der Waals surface area contributed by atoms with Gasteiger partial charge in [-0.2, -0.15) is 0 Å². The lowest BCUT2D eigenvalue weighted by Gasteiger charge is -2.21. The molecule has 3 N–H and O–H groups in total. The summed E-state index contributed by atoms with van der Waals surface area (Å²) in [5.74, 6) is -0.943. The van der Waals surface area contributed by atoms with Crippen LogP contribution < -0.4 is 5.32 Å². The lowest BCUT2D eigenvalue weighted by molar-refractivity contribution is -0.140. The van der Waals surface area contributed by atoms with Gasteiger partial charge in [0.15, 0.2) is 6.04 Å². The molecule has 0 radical (unpaired) electrons. The number of aliphatic hydroxyl groups is 1. The number of rotatable bonds is 5. The average Bonchev–Trinajstić information content (AvgIpc) is 2.11. The fraction of sp³-hybridized carbons (Fsp3) is 0.778. The van der Waals surface area contributed by atoms with E-state index in [1.807, 2.05) is 13.8 Å². The van der Waals surface area contributed by atoms with Gasteiger partial charge in [-0.3, -0.25) is 0 Å². The Morgan fingerprint density at radius 3 is 2.27 bits per heavy atom. The zero-order valence-electron chi connectivity index (χ0n) is 9.23. The summed E-state index contributed by atoms with van der Waals surface area (Å²) in [5, 5.41) is 19.5. The van der Waals surface area contributed by atoms with Crippen LogP contribution in [0, 0.1) is 5.92 Å². The molecule has 6 nitrogen and oxygen atoms in total. The van der Waals surface area contributed by atoms with Gasteiger partial charge in [-0.25, -0.2) is 9.59 Å². The van der Waals surface area contributed by atoms with Crippen LogP contribution in [0.4, 0.5) is 4.79 Å². The average molecular weight is 218 g/mol. The van der Waals surface area contributed by atoms with Crippen LogP contribution in [0.5, 0.6) is 0 Å². The zero-order valence-corrected chi connectivity index (χ0v) is 9.23. The molecule has 0 aliphatic carbocycles.